The largest absolute Gasteiger partial charge is 0.341 e. The first-order valence-corrected chi connectivity index (χ1v) is 5.12. The number of hydrogen-bond acceptors (Lipinski definition) is 1. The fourth-order valence-corrected chi connectivity index (χ4v) is 1.47. The Bertz CT molecular complexity index is 336. The van der Waals surface area contributed by atoms with E-state index in [1.807, 2.05) is 12.1 Å². The Morgan fingerprint density at radius 1 is 1.40 bits per heavy atom. The molecule has 1 aromatic rings. The van der Waals surface area contributed by atoms with Crippen molar-refractivity contribution in [3.63, 3.8) is 0 Å². The van der Waals surface area contributed by atoms with E-state index in [0.717, 1.165) is 13.0 Å². The highest BCUT2D eigenvalue weighted by molar-refractivity contribution is 5.73. The summed E-state index contributed by atoms with van der Waals surface area (Å²) in [7, 11) is 3.45. The Kier molecular flexibility index (Phi) is 4.16. The normalized spacial score (nSPS) is 9.80. The van der Waals surface area contributed by atoms with Gasteiger partial charge in [-0.15, -0.1) is 0 Å². The van der Waals surface area contributed by atoms with Crippen LogP contribution in [0.4, 0.5) is 4.79 Å². The first-order valence-electron chi connectivity index (χ1n) is 5.12. The SMILES string of the molecule is CNC(=O)N(C)CCc1ccccc1C. The smallest absolute Gasteiger partial charge is 0.316 e. The van der Waals surface area contributed by atoms with Crippen LogP contribution in [0, 0.1) is 6.92 Å². The summed E-state index contributed by atoms with van der Waals surface area (Å²) in [5, 5.41) is 2.60. The number of carbonyl (C=O) groups excluding carboxylic acids is 1. The van der Waals surface area contributed by atoms with Gasteiger partial charge in [-0.25, -0.2) is 4.79 Å². The summed E-state index contributed by atoms with van der Waals surface area (Å²) in [6.45, 7) is 2.83. The highest BCUT2D eigenvalue weighted by atomic mass is 16.2. The van der Waals surface area contributed by atoms with Crippen LogP contribution < -0.4 is 5.32 Å². The third-order valence-corrected chi connectivity index (χ3v) is 2.54. The number of nitrogens with one attached hydrogen (secondary N) is 1. The second-order valence-corrected chi connectivity index (χ2v) is 3.65. The molecule has 1 rings (SSSR count). The third kappa shape index (κ3) is 3.27. The number of benzene rings is 1. The second-order valence-electron chi connectivity index (χ2n) is 3.65. The molecule has 3 nitrogen and oxygen atoms in total. The van der Waals surface area contributed by atoms with Crippen molar-refractivity contribution in [3.05, 3.63) is 35.4 Å². The summed E-state index contributed by atoms with van der Waals surface area (Å²) in [6, 6.07) is 8.22. The van der Waals surface area contributed by atoms with Crippen molar-refractivity contribution >= 4 is 6.03 Å². The number of amides is 2. The van der Waals surface area contributed by atoms with Gasteiger partial charge in [0.05, 0.1) is 0 Å². The Morgan fingerprint density at radius 2 is 2.07 bits per heavy atom. The molecule has 0 heterocycles. The molecule has 15 heavy (non-hydrogen) atoms. The standard InChI is InChI=1S/C12H18N2O/c1-10-6-4-5-7-11(10)8-9-14(3)12(15)13-2/h4-7H,8-9H2,1-3H3,(H,13,15). The van der Waals surface area contributed by atoms with Crippen molar-refractivity contribution in [2.45, 2.75) is 13.3 Å². The van der Waals surface area contributed by atoms with E-state index in [9.17, 15) is 4.79 Å². The van der Waals surface area contributed by atoms with Crippen molar-refractivity contribution in [2.24, 2.45) is 0 Å². The minimum Gasteiger partial charge on any atom is -0.341 e. The fourth-order valence-electron chi connectivity index (χ4n) is 1.47. The lowest BCUT2D eigenvalue weighted by Gasteiger charge is -2.16. The van der Waals surface area contributed by atoms with Crippen molar-refractivity contribution in [1.82, 2.24) is 10.2 Å². The van der Waals surface area contributed by atoms with E-state index >= 15 is 0 Å². The quantitative estimate of drug-likeness (QED) is 0.803. The second kappa shape index (κ2) is 5.39. The van der Waals surface area contributed by atoms with Gasteiger partial charge in [0.25, 0.3) is 0 Å². The Balaban J connectivity index is 2.50. The third-order valence-electron chi connectivity index (χ3n) is 2.54. The average molecular weight is 206 g/mol. The van der Waals surface area contributed by atoms with E-state index in [1.165, 1.54) is 11.1 Å². The summed E-state index contributed by atoms with van der Waals surface area (Å²) in [6.07, 6.45) is 0.899. The van der Waals surface area contributed by atoms with Gasteiger partial charge in [0, 0.05) is 20.6 Å². The molecule has 0 spiro atoms. The zero-order chi connectivity index (χ0) is 11.3. The lowest BCUT2D eigenvalue weighted by atomic mass is 10.1. The van der Waals surface area contributed by atoms with Crippen LogP contribution in [0.3, 0.4) is 0 Å². The van der Waals surface area contributed by atoms with Crippen LogP contribution in [0.1, 0.15) is 11.1 Å². The molecule has 0 unspecified atom stereocenters. The molecule has 0 saturated carbocycles. The molecule has 0 bridgehead atoms. The molecule has 3 heteroatoms. The van der Waals surface area contributed by atoms with E-state index in [1.54, 1.807) is 19.0 Å². The van der Waals surface area contributed by atoms with Gasteiger partial charge in [-0.3, -0.25) is 0 Å². The Labute approximate surface area is 91.1 Å². The zero-order valence-electron chi connectivity index (χ0n) is 9.58. The number of hydrogen-bond donors (Lipinski definition) is 1. The number of urea groups is 1. The van der Waals surface area contributed by atoms with E-state index < -0.39 is 0 Å². The number of aryl methyl sites for hydroxylation is 1. The average Bonchev–Trinajstić information content (AvgIpc) is 2.26. The molecule has 0 aromatic heterocycles. The van der Waals surface area contributed by atoms with E-state index in [4.69, 9.17) is 0 Å². The summed E-state index contributed by atoms with van der Waals surface area (Å²) in [4.78, 5) is 12.9. The van der Waals surface area contributed by atoms with Crippen LogP contribution in [0.15, 0.2) is 24.3 Å². The van der Waals surface area contributed by atoms with Gasteiger partial charge in [-0.1, -0.05) is 24.3 Å². The van der Waals surface area contributed by atoms with Gasteiger partial charge >= 0.3 is 6.03 Å². The van der Waals surface area contributed by atoms with Crippen LogP contribution in [-0.2, 0) is 6.42 Å². The first kappa shape index (κ1) is 11.6. The first-order chi connectivity index (χ1) is 7.15. The maximum atomic E-state index is 11.2. The number of carbonyl (C=O) groups is 1. The molecule has 0 aliphatic carbocycles. The van der Waals surface area contributed by atoms with Crippen LogP contribution >= 0.6 is 0 Å². The summed E-state index contributed by atoms with van der Waals surface area (Å²) >= 11 is 0. The van der Waals surface area contributed by atoms with Crippen LogP contribution in [-0.4, -0.2) is 31.6 Å². The molecule has 1 N–H and O–H groups in total. The van der Waals surface area contributed by atoms with Gasteiger partial charge in [0.2, 0.25) is 0 Å². The Hall–Kier alpha value is -1.51. The predicted molar refractivity (Wildman–Crippen MR) is 62.0 cm³/mol. The summed E-state index contributed by atoms with van der Waals surface area (Å²) in [5.41, 5.74) is 2.58. The molecule has 0 saturated heterocycles. The van der Waals surface area contributed by atoms with Crippen LogP contribution in [0.5, 0.6) is 0 Å². The minimum atomic E-state index is -0.0383. The molecule has 0 fully saturated rings. The van der Waals surface area contributed by atoms with Gasteiger partial charge in [0.1, 0.15) is 0 Å². The lowest BCUT2D eigenvalue weighted by Crippen LogP contribution is -2.36. The summed E-state index contributed by atoms with van der Waals surface area (Å²) in [5.74, 6) is 0. The predicted octanol–water partition coefficient (Wildman–Crippen LogP) is 1.81. The van der Waals surface area contributed by atoms with Crippen molar-refractivity contribution < 1.29 is 4.79 Å². The monoisotopic (exact) mass is 206 g/mol. The molecule has 2 amide bonds. The van der Waals surface area contributed by atoms with Crippen molar-refractivity contribution in [2.75, 3.05) is 20.6 Å². The molecule has 1 aromatic carbocycles. The molecular weight excluding hydrogens is 188 g/mol. The molecule has 0 atom stereocenters. The molecule has 0 radical (unpaired) electrons. The maximum absolute atomic E-state index is 11.2. The van der Waals surface area contributed by atoms with Crippen LogP contribution in [0.25, 0.3) is 0 Å². The summed E-state index contributed by atoms with van der Waals surface area (Å²) < 4.78 is 0. The van der Waals surface area contributed by atoms with Crippen LogP contribution in [0.2, 0.25) is 0 Å². The maximum Gasteiger partial charge on any atom is 0.316 e. The molecule has 82 valence electrons. The number of nitrogens with zero attached hydrogens (tertiary/aromatic N) is 1. The molecular formula is C12H18N2O. The van der Waals surface area contributed by atoms with E-state index in [0.29, 0.717) is 0 Å². The van der Waals surface area contributed by atoms with E-state index in [-0.39, 0.29) is 6.03 Å². The fraction of sp³-hybridized carbons (Fsp3) is 0.417. The van der Waals surface area contributed by atoms with Crippen molar-refractivity contribution in [3.8, 4) is 0 Å². The lowest BCUT2D eigenvalue weighted by molar-refractivity contribution is 0.211. The minimum absolute atomic E-state index is 0.0383. The number of likely N-dealkylation sites (N-methyl/N-ethyl adjacent to an activating group) is 1. The topological polar surface area (TPSA) is 32.3 Å². The van der Waals surface area contributed by atoms with Gasteiger partial charge in [-0.2, -0.15) is 0 Å². The van der Waals surface area contributed by atoms with Gasteiger partial charge in [-0.05, 0) is 24.5 Å². The van der Waals surface area contributed by atoms with Gasteiger partial charge in [0.15, 0.2) is 0 Å². The Morgan fingerprint density at radius 3 is 2.67 bits per heavy atom. The van der Waals surface area contributed by atoms with Gasteiger partial charge < -0.3 is 10.2 Å². The highest BCUT2D eigenvalue weighted by Gasteiger charge is 2.05. The molecule has 0 aliphatic rings. The zero-order valence-corrected chi connectivity index (χ0v) is 9.58. The van der Waals surface area contributed by atoms with E-state index in [2.05, 4.69) is 24.4 Å². The number of rotatable bonds is 3. The molecule has 0 aliphatic heterocycles. The van der Waals surface area contributed by atoms with Crippen molar-refractivity contribution in [1.29, 1.82) is 0 Å². The highest BCUT2D eigenvalue weighted by Crippen LogP contribution is 2.07.